The third kappa shape index (κ3) is 5.31. The van der Waals surface area contributed by atoms with Gasteiger partial charge in [-0.05, 0) is 24.3 Å². The van der Waals surface area contributed by atoms with E-state index in [9.17, 15) is 36.2 Å². The SMILES string of the molecule is [C-]#[N+]c1ccc(O[C@H]2CN(S(=O)(=O)c3ccc(Cl)c(OC(F)(F)F)c3)C[C@@]2(O)CO)cc1F. The molecule has 3 rings (SSSR count). The van der Waals surface area contributed by atoms with E-state index in [2.05, 4.69) is 9.58 Å². The Labute approximate surface area is 190 Å². The smallest absolute Gasteiger partial charge is 0.486 e. The molecule has 8 nitrogen and oxygen atoms in total. The van der Waals surface area contributed by atoms with Crippen molar-refractivity contribution in [2.24, 2.45) is 0 Å². The second-order valence-electron chi connectivity index (χ2n) is 7.03. The van der Waals surface area contributed by atoms with Crippen LogP contribution in [0.25, 0.3) is 4.85 Å². The van der Waals surface area contributed by atoms with Gasteiger partial charge in [0.05, 0.1) is 29.6 Å². The lowest BCUT2D eigenvalue weighted by Gasteiger charge is -2.27. The quantitative estimate of drug-likeness (QED) is 0.457. The Morgan fingerprint density at radius 2 is 1.97 bits per heavy atom. The number of ether oxygens (including phenoxy) is 2. The molecule has 1 saturated heterocycles. The number of alkyl halides is 3. The van der Waals surface area contributed by atoms with Gasteiger partial charge in [0.1, 0.15) is 29.0 Å². The average Bonchev–Trinajstić information content (AvgIpc) is 3.06. The number of aliphatic hydroxyl groups is 2. The molecule has 0 unspecified atom stereocenters. The van der Waals surface area contributed by atoms with Crippen molar-refractivity contribution in [3.63, 3.8) is 0 Å². The van der Waals surface area contributed by atoms with Crippen LogP contribution in [0.2, 0.25) is 5.02 Å². The van der Waals surface area contributed by atoms with Crippen LogP contribution in [0.4, 0.5) is 23.2 Å². The predicted octanol–water partition coefficient (Wildman–Crippen LogP) is 3.10. The Morgan fingerprint density at radius 1 is 1.27 bits per heavy atom. The fourth-order valence-corrected chi connectivity index (χ4v) is 4.80. The lowest BCUT2D eigenvalue weighted by Crippen LogP contribution is -2.48. The fraction of sp³-hybridized carbons (Fsp3) is 0.316. The van der Waals surface area contributed by atoms with Gasteiger partial charge in [0.25, 0.3) is 0 Å². The monoisotopic (exact) mass is 510 g/mol. The molecule has 0 bridgehead atoms. The molecule has 178 valence electrons. The van der Waals surface area contributed by atoms with E-state index in [0.29, 0.717) is 10.4 Å². The van der Waals surface area contributed by atoms with Crippen LogP contribution in [0.1, 0.15) is 0 Å². The summed E-state index contributed by atoms with van der Waals surface area (Å²) < 4.78 is 87.5. The van der Waals surface area contributed by atoms with E-state index in [0.717, 1.165) is 24.3 Å². The van der Waals surface area contributed by atoms with Gasteiger partial charge in [0.2, 0.25) is 15.7 Å². The van der Waals surface area contributed by atoms with Crippen LogP contribution in [0.3, 0.4) is 0 Å². The first-order chi connectivity index (χ1) is 15.3. The highest BCUT2D eigenvalue weighted by Crippen LogP contribution is 2.36. The fourth-order valence-electron chi connectivity index (χ4n) is 3.12. The maximum absolute atomic E-state index is 13.9. The van der Waals surface area contributed by atoms with Crippen LogP contribution in [-0.2, 0) is 10.0 Å². The van der Waals surface area contributed by atoms with Crippen LogP contribution in [0, 0.1) is 12.4 Å². The van der Waals surface area contributed by atoms with Crippen molar-refractivity contribution in [3.8, 4) is 11.5 Å². The minimum absolute atomic E-state index is 0.136. The normalized spacial score (nSPS) is 21.6. The molecule has 0 aliphatic carbocycles. The Hall–Kier alpha value is -2.63. The number of rotatable bonds is 6. The number of nitrogens with zero attached hydrogens (tertiary/aromatic N) is 2. The number of β-amino-alcohol motifs (C(OH)–C–C–N with tert-alkyl or cyclic N) is 1. The highest BCUT2D eigenvalue weighted by atomic mass is 35.5. The summed E-state index contributed by atoms with van der Waals surface area (Å²) in [6.45, 7) is 4.71. The van der Waals surface area contributed by atoms with E-state index in [1.54, 1.807) is 0 Å². The molecular formula is C19H15ClF4N2O6S. The second-order valence-corrected chi connectivity index (χ2v) is 9.38. The number of aliphatic hydroxyl groups excluding tert-OH is 1. The predicted molar refractivity (Wildman–Crippen MR) is 106 cm³/mol. The van der Waals surface area contributed by atoms with Gasteiger partial charge in [-0.25, -0.2) is 17.7 Å². The van der Waals surface area contributed by atoms with Gasteiger partial charge < -0.3 is 19.7 Å². The number of hydrogen-bond acceptors (Lipinski definition) is 6. The first-order valence-electron chi connectivity index (χ1n) is 9.01. The molecule has 1 aliphatic heterocycles. The van der Waals surface area contributed by atoms with Gasteiger partial charge in [-0.15, -0.1) is 13.2 Å². The summed E-state index contributed by atoms with van der Waals surface area (Å²) in [5.74, 6) is -1.98. The first-order valence-corrected chi connectivity index (χ1v) is 10.8. The van der Waals surface area contributed by atoms with Gasteiger partial charge in [-0.2, -0.15) is 4.31 Å². The van der Waals surface area contributed by atoms with E-state index in [-0.39, 0.29) is 11.4 Å². The van der Waals surface area contributed by atoms with E-state index in [1.807, 2.05) is 0 Å². The highest BCUT2D eigenvalue weighted by molar-refractivity contribution is 7.89. The summed E-state index contributed by atoms with van der Waals surface area (Å²) >= 11 is 5.65. The van der Waals surface area contributed by atoms with Crippen LogP contribution < -0.4 is 9.47 Å². The van der Waals surface area contributed by atoms with Crippen LogP contribution in [-0.4, -0.2) is 60.7 Å². The van der Waals surface area contributed by atoms with Crippen molar-refractivity contribution in [1.82, 2.24) is 4.31 Å². The summed E-state index contributed by atoms with van der Waals surface area (Å²) in [7, 11) is -4.50. The second kappa shape index (κ2) is 8.96. The van der Waals surface area contributed by atoms with Crippen molar-refractivity contribution in [1.29, 1.82) is 0 Å². The van der Waals surface area contributed by atoms with E-state index < -0.39 is 69.3 Å². The molecule has 2 aromatic rings. The van der Waals surface area contributed by atoms with Crippen molar-refractivity contribution < 1.29 is 45.7 Å². The number of sulfonamides is 1. The van der Waals surface area contributed by atoms with Crippen LogP contribution >= 0.6 is 11.6 Å². The zero-order chi connectivity index (χ0) is 24.6. The van der Waals surface area contributed by atoms with Gasteiger partial charge in [0.15, 0.2) is 0 Å². The van der Waals surface area contributed by atoms with E-state index in [1.165, 1.54) is 6.07 Å². The van der Waals surface area contributed by atoms with Crippen molar-refractivity contribution >= 4 is 27.3 Å². The first kappa shape index (κ1) is 25.0. The van der Waals surface area contributed by atoms with Crippen molar-refractivity contribution in [3.05, 3.63) is 58.7 Å². The molecule has 0 spiro atoms. The Morgan fingerprint density at radius 3 is 2.55 bits per heavy atom. The Bertz CT molecular complexity index is 1200. The molecule has 1 aliphatic rings. The number of hydrogen-bond donors (Lipinski definition) is 2. The van der Waals surface area contributed by atoms with Gasteiger partial charge in [-0.1, -0.05) is 11.6 Å². The summed E-state index contributed by atoms with van der Waals surface area (Å²) in [5, 5.41) is 19.9. The van der Waals surface area contributed by atoms with E-state index in [4.69, 9.17) is 22.9 Å². The summed E-state index contributed by atoms with van der Waals surface area (Å²) in [6, 6.07) is 5.64. The maximum Gasteiger partial charge on any atom is 0.573 e. The molecule has 0 amide bonds. The molecular weight excluding hydrogens is 496 g/mol. The maximum atomic E-state index is 13.9. The van der Waals surface area contributed by atoms with Crippen molar-refractivity contribution in [2.45, 2.75) is 23.0 Å². The minimum atomic E-state index is -5.12. The number of halogens is 5. The standard InChI is InChI=1S/C19H15ClF4N2O6S/c1-25-15-5-2-11(6-14(15)21)31-17-8-26(9-18(17,28)10-27)33(29,30)12-3-4-13(20)16(7-12)32-19(22,23)24/h2-7,17,27-28H,8-10H2/t17-,18+/m0/s1. The molecule has 2 N–H and O–H groups in total. The average molecular weight is 511 g/mol. The van der Waals surface area contributed by atoms with E-state index >= 15 is 0 Å². The number of benzene rings is 2. The molecule has 1 heterocycles. The van der Waals surface area contributed by atoms with Gasteiger partial charge in [0, 0.05) is 18.7 Å². The van der Waals surface area contributed by atoms with Crippen LogP contribution in [0.15, 0.2) is 41.3 Å². The third-order valence-electron chi connectivity index (χ3n) is 4.78. The highest BCUT2D eigenvalue weighted by Gasteiger charge is 2.51. The van der Waals surface area contributed by atoms with Crippen LogP contribution in [0.5, 0.6) is 11.5 Å². The zero-order valence-corrected chi connectivity index (χ0v) is 18.0. The minimum Gasteiger partial charge on any atom is -0.486 e. The summed E-state index contributed by atoms with van der Waals surface area (Å²) in [5.41, 5.74) is -2.39. The molecule has 1 fully saturated rings. The molecule has 2 aromatic carbocycles. The molecule has 2 atom stereocenters. The Kier molecular flexibility index (Phi) is 6.79. The topological polar surface area (TPSA) is 101 Å². The molecule has 33 heavy (non-hydrogen) atoms. The molecule has 0 radical (unpaired) electrons. The van der Waals surface area contributed by atoms with Gasteiger partial charge >= 0.3 is 6.36 Å². The lowest BCUT2D eigenvalue weighted by molar-refractivity contribution is -0.274. The lowest BCUT2D eigenvalue weighted by atomic mass is 10.0. The third-order valence-corrected chi connectivity index (χ3v) is 6.90. The summed E-state index contributed by atoms with van der Waals surface area (Å²) in [6.07, 6.45) is -6.48. The molecule has 14 heteroatoms. The molecule has 0 aromatic heterocycles. The molecule has 0 saturated carbocycles. The summed E-state index contributed by atoms with van der Waals surface area (Å²) in [4.78, 5) is 2.34. The van der Waals surface area contributed by atoms with Gasteiger partial charge in [-0.3, -0.25) is 0 Å². The van der Waals surface area contributed by atoms with Crippen molar-refractivity contribution in [2.75, 3.05) is 19.7 Å². The zero-order valence-electron chi connectivity index (χ0n) is 16.4. The Balaban J connectivity index is 1.89. The largest absolute Gasteiger partial charge is 0.573 e.